The van der Waals surface area contributed by atoms with Gasteiger partial charge in [-0.3, -0.25) is 9.59 Å². The van der Waals surface area contributed by atoms with Gasteiger partial charge in [0, 0.05) is 36.9 Å². The van der Waals surface area contributed by atoms with Crippen molar-refractivity contribution in [3.05, 3.63) is 66.2 Å². The number of amides is 1. The average Bonchev–Trinajstić information content (AvgIpc) is 3.16. The van der Waals surface area contributed by atoms with E-state index in [1.807, 2.05) is 36.4 Å². The Labute approximate surface area is 162 Å². The number of ether oxygens (including phenoxy) is 2. The maximum Gasteiger partial charge on any atom is 0.308 e. The fraction of sp³-hybridized carbons (Fsp3) is 0.227. The van der Waals surface area contributed by atoms with Crippen molar-refractivity contribution in [3.63, 3.8) is 0 Å². The lowest BCUT2D eigenvalue weighted by Crippen LogP contribution is -2.31. The number of carbonyl (C=O) groups is 2. The third-order valence-electron chi connectivity index (χ3n) is 4.66. The number of fused-ring (bicyclic) bond motifs is 1. The molecule has 0 radical (unpaired) electrons. The Morgan fingerprint density at radius 2 is 1.82 bits per heavy atom. The fourth-order valence-electron chi connectivity index (χ4n) is 3.31. The predicted octanol–water partition coefficient (Wildman–Crippen LogP) is 3.45. The summed E-state index contributed by atoms with van der Waals surface area (Å²) in [6, 6.07) is 18.3. The number of benzene rings is 2. The van der Waals surface area contributed by atoms with Gasteiger partial charge in [-0.25, -0.2) is 4.98 Å². The van der Waals surface area contributed by atoms with Crippen LogP contribution >= 0.6 is 0 Å². The Hall–Kier alpha value is -3.41. The van der Waals surface area contributed by atoms with E-state index < -0.39 is 0 Å². The van der Waals surface area contributed by atoms with Gasteiger partial charge >= 0.3 is 5.97 Å². The number of aromatic nitrogens is 1. The van der Waals surface area contributed by atoms with Crippen molar-refractivity contribution in [2.24, 2.45) is 0 Å². The molecule has 3 aromatic rings. The zero-order valence-corrected chi connectivity index (χ0v) is 15.5. The van der Waals surface area contributed by atoms with E-state index in [1.54, 1.807) is 29.2 Å². The summed E-state index contributed by atoms with van der Waals surface area (Å²) in [5, 5.41) is 1.07. The number of hydrogen-bond acceptors (Lipinski definition) is 5. The minimum atomic E-state index is -0.388. The second kappa shape index (κ2) is 7.68. The Balaban J connectivity index is 1.38. The molecule has 1 aliphatic heterocycles. The van der Waals surface area contributed by atoms with Crippen LogP contribution in [0.1, 0.15) is 23.7 Å². The number of pyridine rings is 1. The molecule has 1 amide bonds. The summed E-state index contributed by atoms with van der Waals surface area (Å²) in [7, 11) is 0. The Morgan fingerprint density at radius 1 is 1.04 bits per heavy atom. The summed E-state index contributed by atoms with van der Waals surface area (Å²) in [6.07, 6.45) is 0.670. The van der Waals surface area contributed by atoms with Crippen molar-refractivity contribution >= 4 is 22.8 Å². The van der Waals surface area contributed by atoms with E-state index in [0.717, 1.165) is 17.3 Å². The van der Waals surface area contributed by atoms with Gasteiger partial charge < -0.3 is 14.4 Å². The fourth-order valence-corrected chi connectivity index (χ4v) is 3.31. The van der Waals surface area contributed by atoms with Crippen molar-refractivity contribution in [1.82, 2.24) is 9.88 Å². The highest BCUT2D eigenvalue weighted by molar-refractivity contribution is 5.94. The Bertz CT molecular complexity index is 1020. The highest BCUT2D eigenvalue weighted by Gasteiger charge is 2.28. The first-order valence-electron chi connectivity index (χ1n) is 9.19. The van der Waals surface area contributed by atoms with Crippen LogP contribution in [0.3, 0.4) is 0 Å². The highest BCUT2D eigenvalue weighted by Crippen LogP contribution is 2.22. The van der Waals surface area contributed by atoms with Gasteiger partial charge in [-0.1, -0.05) is 18.2 Å². The standard InChI is InChI=1S/C22H20N2O4/c1-15(25)27-18-9-6-17(7-10-18)22(26)24-13-12-19(14-24)28-21-11-8-16-4-2-3-5-20(16)23-21/h2-11,19H,12-14H2,1H3. The second-order valence-electron chi connectivity index (χ2n) is 6.74. The van der Waals surface area contributed by atoms with Crippen LogP contribution in [0.2, 0.25) is 0 Å². The van der Waals surface area contributed by atoms with Gasteiger partial charge in [0.2, 0.25) is 5.88 Å². The molecule has 1 fully saturated rings. The normalized spacial score (nSPS) is 16.2. The topological polar surface area (TPSA) is 68.7 Å². The first-order chi connectivity index (χ1) is 13.6. The van der Waals surface area contributed by atoms with Crippen LogP contribution in [-0.4, -0.2) is 41.0 Å². The minimum Gasteiger partial charge on any atom is -0.472 e. The first-order valence-corrected chi connectivity index (χ1v) is 9.19. The number of likely N-dealkylation sites (tertiary alicyclic amines) is 1. The van der Waals surface area contributed by atoms with Gasteiger partial charge in [-0.15, -0.1) is 0 Å². The molecule has 0 spiro atoms. The van der Waals surface area contributed by atoms with Gasteiger partial charge in [0.05, 0.1) is 12.1 Å². The molecule has 1 aliphatic rings. The van der Waals surface area contributed by atoms with Crippen LogP contribution in [0.25, 0.3) is 10.9 Å². The quantitative estimate of drug-likeness (QED) is 0.515. The second-order valence-corrected chi connectivity index (χ2v) is 6.74. The van der Waals surface area contributed by atoms with Crippen LogP contribution < -0.4 is 9.47 Å². The van der Waals surface area contributed by atoms with E-state index in [-0.39, 0.29) is 18.0 Å². The van der Waals surface area contributed by atoms with Crippen molar-refractivity contribution in [1.29, 1.82) is 0 Å². The molecule has 6 nitrogen and oxygen atoms in total. The van der Waals surface area contributed by atoms with E-state index in [4.69, 9.17) is 9.47 Å². The van der Waals surface area contributed by atoms with E-state index >= 15 is 0 Å². The molecule has 4 rings (SSSR count). The first kappa shape index (κ1) is 18.0. The van der Waals surface area contributed by atoms with Gasteiger partial charge in [0.15, 0.2) is 0 Å². The SMILES string of the molecule is CC(=O)Oc1ccc(C(=O)N2CCC(Oc3ccc4ccccc4n3)C2)cc1. The molecular formula is C22H20N2O4. The zero-order valence-electron chi connectivity index (χ0n) is 15.5. The lowest BCUT2D eigenvalue weighted by molar-refractivity contribution is -0.131. The Morgan fingerprint density at radius 3 is 2.61 bits per heavy atom. The maximum atomic E-state index is 12.7. The largest absolute Gasteiger partial charge is 0.472 e. The third kappa shape index (κ3) is 3.96. The molecule has 0 aliphatic carbocycles. The number of carbonyl (C=O) groups excluding carboxylic acids is 2. The maximum absolute atomic E-state index is 12.7. The molecular weight excluding hydrogens is 356 g/mol. The van der Waals surface area contributed by atoms with Crippen molar-refractivity contribution in [3.8, 4) is 11.6 Å². The number of hydrogen-bond donors (Lipinski definition) is 0. The van der Waals surface area contributed by atoms with Crippen LogP contribution in [-0.2, 0) is 4.79 Å². The van der Waals surface area contributed by atoms with Gasteiger partial charge in [0.25, 0.3) is 5.91 Å². The number of esters is 1. The van der Waals surface area contributed by atoms with Gasteiger partial charge in [0.1, 0.15) is 11.9 Å². The van der Waals surface area contributed by atoms with E-state index in [9.17, 15) is 9.59 Å². The molecule has 6 heteroatoms. The molecule has 28 heavy (non-hydrogen) atoms. The molecule has 1 aromatic heterocycles. The molecule has 0 saturated carbocycles. The summed E-state index contributed by atoms with van der Waals surface area (Å²) in [6.45, 7) is 2.48. The van der Waals surface area contributed by atoms with Crippen LogP contribution in [0.4, 0.5) is 0 Å². The monoisotopic (exact) mass is 376 g/mol. The number of rotatable bonds is 4. The highest BCUT2D eigenvalue weighted by atomic mass is 16.5. The van der Waals surface area contributed by atoms with Crippen molar-refractivity contribution in [2.45, 2.75) is 19.4 Å². The zero-order chi connectivity index (χ0) is 19.5. The molecule has 1 saturated heterocycles. The van der Waals surface area contributed by atoms with Gasteiger partial charge in [-0.05, 0) is 36.4 Å². The van der Waals surface area contributed by atoms with Crippen LogP contribution in [0.5, 0.6) is 11.6 Å². The molecule has 1 unspecified atom stereocenters. The lowest BCUT2D eigenvalue weighted by atomic mass is 10.2. The number of nitrogens with zero attached hydrogens (tertiary/aromatic N) is 2. The summed E-state index contributed by atoms with van der Waals surface area (Å²) in [5.74, 6) is 0.547. The summed E-state index contributed by atoms with van der Waals surface area (Å²) in [4.78, 5) is 30.0. The van der Waals surface area contributed by atoms with Crippen molar-refractivity contribution < 1.29 is 19.1 Å². The third-order valence-corrected chi connectivity index (χ3v) is 4.66. The van der Waals surface area contributed by atoms with Crippen LogP contribution in [0.15, 0.2) is 60.7 Å². The smallest absolute Gasteiger partial charge is 0.308 e. The van der Waals surface area contributed by atoms with Crippen molar-refractivity contribution in [2.75, 3.05) is 13.1 Å². The summed E-state index contributed by atoms with van der Waals surface area (Å²) < 4.78 is 11.0. The lowest BCUT2D eigenvalue weighted by Gasteiger charge is -2.17. The van der Waals surface area contributed by atoms with Gasteiger partial charge in [-0.2, -0.15) is 0 Å². The minimum absolute atomic E-state index is 0.0630. The predicted molar refractivity (Wildman–Crippen MR) is 104 cm³/mol. The van der Waals surface area contributed by atoms with E-state index in [1.165, 1.54) is 6.92 Å². The Kier molecular flexibility index (Phi) is 4.93. The molecule has 0 bridgehead atoms. The molecule has 2 aromatic carbocycles. The molecule has 1 atom stereocenters. The van der Waals surface area contributed by atoms with Crippen LogP contribution in [0, 0.1) is 0 Å². The van der Waals surface area contributed by atoms with E-state index in [2.05, 4.69) is 4.98 Å². The van der Waals surface area contributed by atoms with E-state index in [0.29, 0.717) is 30.3 Å². The molecule has 2 heterocycles. The molecule has 0 N–H and O–H groups in total. The molecule has 142 valence electrons. The number of para-hydroxylation sites is 1. The summed E-state index contributed by atoms with van der Waals surface area (Å²) in [5.41, 5.74) is 1.44. The summed E-state index contributed by atoms with van der Waals surface area (Å²) >= 11 is 0. The average molecular weight is 376 g/mol.